The second kappa shape index (κ2) is 6.76. The van der Waals surface area contributed by atoms with Crippen molar-refractivity contribution >= 4 is 11.9 Å². The van der Waals surface area contributed by atoms with Gasteiger partial charge in [0, 0.05) is 14.0 Å². The van der Waals surface area contributed by atoms with Gasteiger partial charge in [-0.25, -0.2) is 4.79 Å². The van der Waals surface area contributed by atoms with Crippen molar-refractivity contribution in [1.29, 1.82) is 0 Å². The largest absolute Gasteiger partial charge is 0.467 e. The van der Waals surface area contributed by atoms with Crippen LogP contribution in [0.3, 0.4) is 0 Å². The Morgan fingerprint density at radius 2 is 1.78 bits per heavy atom. The van der Waals surface area contributed by atoms with Crippen LogP contribution in [-0.4, -0.2) is 32.2 Å². The molecule has 5 heteroatoms. The van der Waals surface area contributed by atoms with E-state index >= 15 is 0 Å². The molecule has 0 aliphatic rings. The minimum atomic E-state index is -0.874. The molecule has 0 spiro atoms. The summed E-state index contributed by atoms with van der Waals surface area (Å²) in [4.78, 5) is 22.9. The van der Waals surface area contributed by atoms with Gasteiger partial charge in [0.2, 0.25) is 5.91 Å². The minimum absolute atomic E-state index is 0.241. The molecule has 0 aliphatic carbocycles. The highest BCUT2D eigenvalue weighted by Crippen LogP contribution is 2.19. The van der Waals surface area contributed by atoms with E-state index in [0.717, 1.165) is 5.56 Å². The first-order chi connectivity index (χ1) is 8.60. The van der Waals surface area contributed by atoms with Gasteiger partial charge >= 0.3 is 5.97 Å². The fourth-order valence-corrected chi connectivity index (χ4v) is 1.70. The summed E-state index contributed by atoms with van der Waals surface area (Å²) in [6.07, 6.45) is -0.874. The van der Waals surface area contributed by atoms with E-state index in [1.54, 1.807) is 0 Å². The van der Waals surface area contributed by atoms with Crippen LogP contribution in [0, 0.1) is 0 Å². The van der Waals surface area contributed by atoms with Crippen molar-refractivity contribution in [3.05, 3.63) is 35.9 Å². The summed E-state index contributed by atoms with van der Waals surface area (Å²) >= 11 is 0. The molecule has 0 radical (unpaired) electrons. The highest BCUT2D eigenvalue weighted by atomic mass is 16.6. The zero-order valence-corrected chi connectivity index (χ0v) is 10.7. The average Bonchev–Trinajstić information content (AvgIpc) is 2.38. The fourth-order valence-electron chi connectivity index (χ4n) is 1.70. The maximum Gasteiger partial charge on any atom is 0.337 e. The predicted octanol–water partition coefficient (Wildman–Crippen LogP) is 1.05. The molecule has 2 unspecified atom stereocenters. The Balaban J connectivity index is 3.04. The number of nitrogens with one attached hydrogen (secondary N) is 1. The number of benzene rings is 1. The van der Waals surface area contributed by atoms with E-state index < -0.39 is 18.1 Å². The van der Waals surface area contributed by atoms with Gasteiger partial charge in [-0.2, -0.15) is 0 Å². The summed E-state index contributed by atoms with van der Waals surface area (Å²) in [6.45, 7) is 1.39. The topological polar surface area (TPSA) is 64.6 Å². The first kappa shape index (κ1) is 14.2. The van der Waals surface area contributed by atoms with Crippen molar-refractivity contribution in [2.45, 2.75) is 19.1 Å². The Morgan fingerprint density at radius 1 is 1.17 bits per heavy atom. The molecule has 0 saturated heterocycles. The van der Waals surface area contributed by atoms with Crippen LogP contribution >= 0.6 is 0 Å². The van der Waals surface area contributed by atoms with Crippen LogP contribution in [0.4, 0.5) is 0 Å². The summed E-state index contributed by atoms with van der Waals surface area (Å²) in [5, 5.41) is 2.70. The Kier molecular flexibility index (Phi) is 5.32. The lowest BCUT2D eigenvalue weighted by Gasteiger charge is -2.24. The van der Waals surface area contributed by atoms with Crippen LogP contribution in [0.2, 0.25) is 0 Å². The van der Waals surface area contributed by atoms with Crippen molar-refractivity contribution in [1.82, 2.24) is 5.32 Å². The lowest BCUT2D eigenvalue weighted by Crippen LogP contribution is -2.41. The molecule has 0 aromatic heterocycles. The average molecular weight is 251 g/mol. The molecule has 1 rings (SSSR count). The number of carbonyl (C=O) groups is 2. The summed E-state index contributed by atoms with van der Waals surface area (Å²) in [7, 11) is 2.68. The van der Waals surface area contributed by atoms with Gasteiger partial charge in [-0.3, -0.25) is 4.79 Å². The van der Waals surface area contributed by atoms with Crippen molar-refractivity contribution < 1.29 is 19.1 Å². The molecule has 1 aromatic rings. The Labute approximate surface area is 106 Å². The Morgan fingerprint density at radius 3 is 2.22 bits per heavy atom. The molecule has 18 heavy (non-hydrogen) atoms. The molecular weight excluding hydrogens is 234 g/mol. The minimum Gasteiger partial charge on any atom is -0.467 e. The lowest BCUT2D eigenvalue weighted by atomic mass is 10.0. The van der Waals surface area contributed by atoms with E-state index in [1.807, 2.05) is 30.3 Å². The number of methoxy groups -OCH3 is 2. The number of amides is 1. The molecule has 5 nitrogen and oxygen atoms in total. The van der Waals surface area contributed by atoms with E-state index in [4.69, 9.17) is 4.74 Å². The standard InChI is InChI=1S/C13H17NO4/c1-9(15)14-11(10-7-5-4-6-8-10)12(17-2)13(16)18-3/h4-8,11-12H,1-3H3,(H,14,15). The summed E-state index contributed by atoms with van der Waals surface area (Å²) < 4.78 is 9.80. The number of hydrogen-bond acceptors (Lipinski definition) is 4. The van der Waals surface area contributed by atoms with E-state index in [1.165, 1.54) is 21.1 Å². The van der Waals surface area contributed by atoms with Crippen LogP contribution in [0.1, 0.15) is 18.5 Å². The lowest BCUT2D eigenvalue weighted by molar-refractivity contribution is -0.154. The predicted molar refractivity (Wildman–Crippen MR) is 65.8 cm³/mol. The van der Waals surface area contributed by atoms with E-state index in [0.29, 0.717) is 0 Å². The van der Waals surface area contributed by atoms with Crippen LogP contribution in [0.5, 0.6) is 0 Å². The summed E-state index contributed by atoms with van der Waals surface area (Å²) in [6, 6.07) is 8.57. The Bertz CT molecular complexity index is 405. The zero-order valence-electron chi connectivity index (χ0n) is 10.7. The van der Waals surface area contributed by atoms with Gasteiger partial charge in [-0.1, -0.05) is 30.3 Å². The number of carbonyl (C=O) groups excluding carboxylic acids is 2. The molecule has 0 heterocycles. The van der Waals surface area contributed by atoms with Crippen molar-refractivity contribution in [2.75, 3.05) is 14.2 Å². The molecule has 0 bridgehead atoms. The summed E-state index contributed by atoms with van der Waals surface area (Å²) in [5.74, 6) is -0.769. The molecule has 1 amide bonds. The van der Waals surface area contributed by atoms with E-state index in [-0.39, 0.29) is 5.91 Å². The highest BCUT2D eigenvalue weighted by Gasteiger charge is 2.31. The van der Waals surface area contributed by atoms with Crippen molar-refractivity contribution in [3.8, 4) is 0 Å². The molecule has 2 atom stereocenters. The smallest absolute Gasteiger partial charge is 0.337 e. The molecule has 0 aliphatic heterocycles. The first-order valence-corrected chi connectivity index (χ1v) is 5.52. The monoisotopic (exact) mass is 251 g/mol. The van der Waals surface area contributed by atoms with E-state index in [9.17, 15) is 9.59 Å². The molecular formula is C13H17NO4. The zero-order chi connectivity index (χ0) is 13.5. The maximum atomic E-state index is 11.6. The SMILES string of the molecule is COC(=O)C(OC)C(NC(C)=O)c1ccccc1. The number of esters is 1. The van der Waals surface area contributed by atoms with Crippen molar-refractivity contribution in [2.24, 2.45) is 0 Å². The van der Waals surface area contributed by atoms with Crippen molar-refractivity contribution in [3.63, 3.8) is 0 Å². The highest BCUT2D eigenvalue weighted by molar-refractivity contribution is 5.79. The van der Waals surface area contributed by atoms with Gasteiger partial charge in [0.05, 0.1) is 13.2 Å². The molecule has 98 valence electrons. The third-order valence-electron chi connectivity index (χ3n) is 2.51. The van der Waals surface area contributed by atoms with Gasteiger partial charge in [0.15, 0.2) is 6.10 Å². The molecule has 0 saturated carbocycles. The fraction of sp³-hybridized carbons (Fsp3) is 0.385. The van der Waals surface area contributed by atoms with Crippen LogP contribution in [-0.2, 0) is 19.1 Å². The van der Waals surface area contributed by atoms with Crippen LogP contribution < -0.4 is 5.32 Å². The van der Waals surface area contributed by atoms with E-state index in [2.05, 4.69) is 10.1 Å². The van der Waals surface area contributed by atoms with Gasteiger partial charge in [-0.05, 0) is 5.56 Å². The third kappa shape index (κ3) is 3.56. The second-order valence-electron chi connectivity index (χ2n) is 3.77. The number of rotatable bonds is 5. The van der Waals surface area contributed by atoms with Gasteiger partial charge < -0.3 is 14.8 Å². The molecule has 0 fully saturated rings. The second-order valence-corrected chi connectivity index (χ2v) is 3.77. The van der Waals surface area contributed by atoms with Gasteiger partial charge in [-0.15, -0.1) is 0 Å². The normalized spacial score (nSPS) is 13.5. The summed E-state index contributed by atoms with van der Waals surface area (Å²) in [5.41, 5.74) is 0.782. The van der Waals surface area contributed by atoms with Gasteiger partial charge in [0.25, 0.3) is 0 Å². The van der Waals surface area contributed by atoms with Crippen LogP contribution in [0.25, 0.3) is 0 Å². The number of hydrogen-bond donors (Lipinski definition) is 1. The first-order valence-electron chi connectivity index (χ1n) is 5.52. The van der Waals surface area contributed by atoms with Crippen LogP contribution in [0.15, 0.2) is 30.3 Å². The quantitative estimate of drug-likeness (QED) is 0.794. The maximum absolute atomic E-state index is 11.6. The molecule has 1 aromatic carbocycles. The van der Waals surface area contributed by atoms with Gasteiger partial charge in [0.1, 0.15) is 0 Å². The third-order valence-corrected chi connectivity index (χ3v) is 2.51. The number of ether oxygens (including phenoxy) is 2. The Hall–Kier alpha value is -1.88. The molecule has 1 N–H and O–H groups in total.